The van der Waals surface area contributed by atoms with Gasteiger partial charge in [0, 0.05) is 6.42 Å². The first-order valence-corrected chi connectivity index (χ1v) is 5.18. The lowest BCUT2D eigenvalue weighted by atomic mass is 10.1. The number of methoxy groups -OCH3 is 1. The van der Waals surface area contributed by atoms with E-state index in [0.29, 0.717) is 19.6 Å². The Bertz CT molecular complexity index is 219. The lowest BCUT2D eigenvalue weighted by Crippen LogP contribution is -2.33. The largest absolute Gasteiger partial charge is 0.469 e. The Hall–Kier alpha value is -0.870. The summed E-state index contributed by atoms with van der Waals surface area (Å²) >= 11 is 0. The second kappa shape index (κ2) is 5.88. The van der Waals surface area contributed by atoms with Crippen molar-refractivity contribution in [3.8, 4) is 0 Å². The zero-order chi connectivity index (χ0) is 11.1. The molecule has 0 aromatic heterocycles. The van der Waals surface area contributed by atoms with E-state index in [-0.39, 0.29) is 12.4 Å². The fourth-order valence-corrected chi connectivity index (χ4v) is 1.64. The highest BCUT2D eigenvalue weighted by Crippen LogP contribution is 2.29. The highest BCUT2D eigenvalue weighted by molar-refractivity contribution is 5.70. The zero-order valence-electron chi connectivity index (χ0n) is 9.16. The quantitative estimate of drug-likeness (QED) is 0.383. The van der Waals surface area contributed by atoms with Gasteiger partial charge in [0.25, 0.3) is 0 Å². The van der Waals surface area contributed by atoms with Crippen molar-refractivity contribution in [3.05, 3.63) is 12.7 Å². The molecule has 0 spiro atoms. The van der Waals surface area contributed by atoms with Crippen LogP contribution < -0.4 is 0 Å². The van der Waals surface area contributed by atoms with Crippen LogP contribution in [0, 0.1) is 0 Å². The Morgan fingerprint density at radius 2 is 2.20 bits per heavy atom. The summed E-state index contributed by atoms with van der Waals surface area (Å²) in [6.07, 6.45) is 4.52. The van der Waals surface area contributed by atoms with Crippen LogP contribution >= 0.6 is 0 Å². The average Bonchev–Trinajstić information content (AvgIpc) is 2.67. The van der Waals surface area contributed by atoms with Gasteiger partial charge < -0.3 is 14.2 Å². The number of unbranched alkanes of at least 4 members (excludes halogenated alkanes) is 1. The summed E-state index contributed by atoms with van der Waals surface area (Å²) in [6, 6.07) is 0. The second-order valence-electron chi connectivity index (χ2n) is 3.54. The van der Waals surface area contributed by atoms with Crippen LogP contribution in [0.15, 0.2) is 12.7 Å². The molecule has 0 aromatic rings. The molecule has 0 radical (unpaired) electrons. The first-order chi connectivity index (χ1) is 7.22. The van der Waals surface area contributed by atoms with E-state index in [9.17, 15) is 4.79 Å². The van der Waals surface area contributed by atoms with Crippen LogP contribution in [0.3, 0.4) is 0 Å². The Balaban J connectivity index is 2.45. The van der Waals surface area contributed by atoms with Crippen molar-refractivity contribution >= 4 is 5.97 Å². The molecule has 1 fully saturated rings. The normalized spacial score (nSPS) is 18.7. The summed E-state index contributed by atoms with van der Waals surface area (Å²) in [4.78, 5) is 11.2. The standard InChI is InChI=1S/C11H18O4/c1-3-4-5-6-11(9-10(12)13-2)14-7-8-15-11/h3H,1,4-9H2,2H3. The third kappa shape index (κ3) is 3.64. The number of ether oxygens (including phenoxy) is 3. The molecule has 0 bridgehead atoms. The summed E-state index contributed by atoms with van der Waals surface area (Å²) in [5.41, 5.74) is 0. The van der Waals surface area contributed by atoms with E-state index in [1.807, 2.05) is 6.08 Å². The summed E-state index contributed by atoms with van der Waals surface area (Å²) in [5.74, 6) is -1.05. The maximum absolute atomic E-state index is 11.2. The molecule has 1 saturated heterocycles. The minimum Gasteiger partial charge on any atom is -0.469 e. The number of allylic oxidation sites excluding steroid dienone is 1. The van der Waals surface area contributed by atoms with Crippen LogP contribution in [0.1, 0.15) is 25.7 Å². The van der Waals surface area contributed by atoms with Crippen LogP contribution in [0.4, 0.5) is 0 Å². The second-order valence-corrected chi connectivity index (χ2v) is 3.54. The van der Waals surface area contributed by atoms with Crippen LogP contribution in [-0.2, 0) is 19.0 Å². The molecule has 0 unspecified atom stereocenters. The van der Waals surface area contributed by atoms with E-state index in [4.69, 9.17) is 9.47 Å². The third-order valence-corrected chi connectivity index (χ3v) is 2.42. The monoisotopic (exact) mass is 214 g/mol. The van der Waals surface area contributed by atoms with Crippen molar-refractivity contribution in [2.45, 2.75) is 31.5 Å². The highest BCUT2D eigenvalue weighted by atomic mass is 16.7. The molecule has 4 heteroatoms. The van der Waals surface area contributed by atoms with Crippen molar-refractivity contribution in [2.75, 3.05) is 20.3 Å². The molecule has 1 heterocycles. The van der Waals surface area contributed by atoms with E-state index in [0.717, 1.165) is 12.8 Å². The molecule has 0 atom stereocenters. The number of rotatable bonds is 6. The van der Waals surface area contributed by atoms with Gasteiger partial charge in [-0.25, -0.2) is 0 Å². The first kappa shape index (κ1) is 12.2. The summed E-state index contributed by atoms with van der Waals surface area (Å²) in [6.45, 7) is 4.74. The molecule has 0 amide bonds. The van der Waals surface area contributed by atoms with Gasteiger partial charge in [0.15, 0.2) is 5.79 Å². The molecule has 0 aliphatic carbocycles. The van der Waals surface area contributed by atoms with Gasteiger partial charge in [0.05, 0.1) is 26.7 Å². The van der Waals surface area contributed by atoms with Gasteiger partial charge in [-0.1, -0.05) is 6.08 Å². The van der Waals surface area contributed by atoms with Crippen molar-refractivity contribution in [3.63, 3.8) is 0 Å². The van der Waals surface area contributed by atoms with E-state index < -0.39 is 5.79 Å². The van der Waals surface area contributed by atoms with E-state index in [2.05, 4.69) is 11.3 Å². The van der Waals surface area contributed by atoms with Crippen molar-refractivity contribution < 1.29 is 19.0 Å². The number of hydrogen-bond acceptors (Lipinski definition) is 4. The van der Waals surface area contributed by atoms with Crippen molar-refractivity contribution in [1.82, 2.24) is 0 Å². The number of carbonyl (C=O) groups excluding carboxylic acids is 1. The molecule has 1 aliphatic heterocycles. The Labute approximate surface area is 90.2 Å². The molecule has 0 aromatic carbocycles. The Morgan fingerprint density at radius 3 is 2.73 bits per heavy atom. The van der Waals surface area contributed by atoms with Crippen LogP contribution in [-0.4, -0.2) is 32.1 Å². The average molecular weight is 214 g/mol. The Kier molecular flexibility index (Phi) is 4.78. The smallest absolute Gasteiger partial charge is 0.310 e. The van der Waals surface area contributed by atoms with Gasteiger partial charge in [-0.05, 0) is 12.8 Å². The SMILES string of the molecule is C=CCCCC1(CC(=O)OC)OCCO1. The summed E-state index contributed by atoms with van der Waals surface area (Å²) < 4.78 is 15.6. The predicted molar refractivity (Wildman–Crippen MR) is 55.3 cm³/mol. The maximum atomic E-state index is 11.2. The number of esters is 1. The van der Waals surface area contributed by atoms with Gasteiger partial charge in [-0.3, -0.25) is 4.79 Å². The molecule has 1 rings (SSSR count). The lowest BCUT2D eigenvalue weighted by Gasteiger charge is -2.25. The molecule has 1 aliphatic rings. The molecule has 15 heavy (non-hydrogen) atoms. The minimum atomic E-state index is -0.754. The minimum absolute atomic E-state index is 0.167. The number of hydrogen-bond donors (Lipinski definition) is 0. The van der Waals surface area contributed by atoms with E-state index in [1.54, 1.807) is 0 Å². The van der Waals surface area contributed by atoms with Crippen molar-refractivity contribution in [2.24, 2.45) is 0 Å². The molecule has 86 valence electrons. The highest BCUT2D eigenvalue weighted by Gasteiger charge is 2.38. The van der Waals surface area contributed by atoms with E-state index >= 15 is 0 Å². The van der Waals surface area contributed by atoms with Crippen LogP contribution in [0.2, 0.25) is 0 Å². The fourth-order valence-electron chi connectivity index (χ4n) is 1.64. The van der Waals surface area contributed by atoms with Gasteiger partial charge >= 0.3 is 5.97 Å². The zero-order valence-corrected chi connectivity index (χ0v) is 9.16. The van der Waals surface area contributed by atoms with Gasteiger partial charge in [-0.15, -0.1) is 6.58 Å². The number of carbonyl (C=O) groups is 1. The molecular formula is C11H18O4. The first-order valence-electron chi connectivity index (χ1n) is 5.18. The summed E-state index contributed by atoms with van der Waals surface area (Å²) in [5, 5.41) is 0. The predicted octanol–water partition coefficient (Wildman–Crippen LogP) is 1.65. The molecule has 0 N–H and O–H groups in total. The van der Waals surface area contributed by atoms with Gasteiger partial charge in [0.2, 0.25) is 0 Å². The maximum Gasteiger partial charge on any atom is 0.310 e. The van der Waals surface area contributed by atoms with E-state index in [1.165, 1.54) is 7.11 Å². The van der Waals surface area contributed by atoms with Crippen LogP contribution in [0.25, 0.3) is 0 Å². The molecule has 0 saturated carbocycles. The Morgan fingerprint density at radius 1 is 1.53 bits per heavy atom. The third-order valence-electron chi connectivity index (χ3n) is 2.42. The lowest BCUT2D eigenvalue weighted by molar-refractivity contribution is -0.184. The van der Waals surface area contributed by atoms with Crippen molar-refractivity contribution in [1.29, 1.82) is 0 Å². The topological polar surface area (TPSA) is 44.8 Å². The fraction of sp³-hybridized carbons (Fsp3) is 0.727. The van der Waals surface area contributed by atoms with Gasteiger partial charge in [0.1, 0.15) is 0 Å². The summed E-state index contributed by atoms with van der Waals surface area (Å²) in [7, 11) is 1.37. The molecule has 4 nitrogen and oxygen atoms in total. The molecular weight excluding hydrogens is 196 g/mol. The van der Waals surface area contributed by atoms with Gasteiger partial charge in [-0.2, -0.15) is 0 Å². The van der Waals surface area contributed by atoms with Crippen LogP contribution in [0.5, 0.6) is 0 Å².